The van der Waals surface area contributed by atoms with Gasteiger partial charge in [0.05, 0.1) is 9.21 Å². The molecule has 0 radical (unpaired) electrons. The number of hydrogen-bond acceptors (Lipinski definition) is 3. The predicted molar refractivity (Wildman–Crippen MR) is 86.2 cm³/mol. The summed E-state index contributed by atoms with van der Waals surface area (Å²) in [5, 5.41) is 3.37. The van der Waals surface area contributed by atoms with Crippen LogP contribution >= 0.6 is 34.5 Å². The Morgan fingerprint density at radius 1 is 1.05 bits per heavy atom. The number of thiophene rings is 1. The summed E-state index contributed by atoms with van der Waals surface area (Å²) in [7, 11) is 0. The third-order valence-electron chi connectivity index (χ3n) is 2.86. The Morgan fingerprint density at radius 3 is 2.48 bits per heavy atom. The topological polar surface area (TPSA) is 46.2 Å². The van der Waals surface area contributed by atoms with Gasteiger partial charge in [-0.25, -0.2) is 0 Å². The van der Waals surface area contributed by atoms with Crippen molar-refractivity contribution in [2.24, 2.45) is 0 Å². The van der Waals surface area contributed by atoms with Crippen molar-refractivity contribution in [3.8, 4) is 0 Å². The highest BCUT2D eigenvalue weighted by molar-refractivity contribution is 7.18. The Balaban J connectivity index is 1.78. The first-order valence-corrected chi connectivity index (χ1v) is 7.92. The average molecular weight is 342 g/mol. The number of nitrogens with one attached hydrogen (secondary N) is 1. The van der Waals surface area contributed by atoms with E-state index in [-0.39, 0.29) is 24.5 Å². The molecule has 0 atom stereocenters. The molecule has 0 bridgehead atoms. The molecular formula is C15H13Cl2NO2S. The van der Waals surface area contributed by atoms with Gasteiger partial charge in [0.25, 0.3) is 0 Å². The Morgan fingerprint density at radius 2 is 1.81 bits per heavy atom. The van der Waals surface area contributed by atoms with Crippen LogP contribution in [0.25, 0.3) is 0 Å². The molecule has 0 aliphatic carbocycles. The normalized spacial score (nSPS) is 10.4. The van der Waals surface area contributed by atoms with Crippen molar-refractivity contribution in [3.63, 3.8) is 0 Å². The van der Waals surface area contributed by atoms with Gasteiger partial charge in [-0.1, -0.05) is 41.4 Å². The van der Waals surface area contributed by atoms with Gasteiger partial charge in [-0.15, -0.1) is 11.3 Å². The second kappa shape index (κ2) is 7.59. The van der Waals surface area contributed by atoms with Crippen LogP contribution in [-0.4, -0.2) is 11.7 Å². The fourth-order valence-corrected chi connectivity index (χ4v) is 2.95. The Labute approximate surface area is 136 Å². The van der Waals surface area contributed by atoms with Crippen molar-refractivity contribution >= 4 is 46.2 Å². The van der Waals surface area contributed by atoms with E-state index in [1.54, 1.807) is 18.2 Å². The molecule has 0 aliphatic rings. The third kappa shape index (κ3) is 4.84. The van der Waals surface area contributed by atoms with E-state index in [0.717, 1.165) is 5.56 Å². The summed E-state index contributed by atoms with van der Waals surface area (Å²) in [5.41, 5.74) is 0.851. The molecule has 0 aliphatic heterocycles. The molecule has 3 nitrogen and oxygen atoms in total. The van der Waals surface area contributed by atoms with E-state index in [1.165, 1.54) is 11.3 Å². The summed E-state index contributed by atoms with van der Waals surface area (Å²) in [6, 6.07) is 10.7. The number of carbonyl (C=O) groups is 2. The Bertz CT molecular complexity index is 655. The molecule has 110 valence electrons. The van der Waals surface area contributed by atoms with Gasteiger partial charge in [-0.2, -0.15) is 0 Å². The lowest BCUT2D eigenvalue weighted by Gasteiger charge is -2.06. The van der Waals surface area contributed by atoms with E-state index in [4.69, 9.17) is 23.2 Å². The smallest absolute Gasteiger partial charge is 0.220 e. The highest BCUT2D eigenvalue weighted by Gasteiger charge is 2.11. The van der Waals surface area contributed by atoms with E-state index in [9.17, 15) is 9.59 Å². The van der Waals surface area contributed by atoms with Crippen LogP contribution < -0.4 is 5.32 Å². The zero-order valence-electron chi connectivity index (χ0n) is 11.1. The first-order chi connectivity index (χ1) is 10.1. The Hall–Kier alpha value is -1.36. The van der Waals surface area contributed by atoms with Crippen LogP contribution in [0.15, 0.2) is 36.4 Å². The van der Waals surface area contributed by atoms with Crippen LogP contribution in [0.1, 0.15) is 28.1 Å². The van der Waals surface area contributed by atoms with Crippen molar-refractivity contribution in [1.29, 1.82) is 0 Å². The van der Waals surface area contributed by atoms with Gasteiger partial charge >= 0.3 is 0 Å². The molecule has 1 amide bonds. The molecule has 0 spiro atoms. The lowest BCUT2D eigenvalue weighted by Crippen LogP contribution is -2.23. The fraction of sp³-hybridized carbons (Fsp3) is 0.200. The van der Waals surface area contributed by atoms with Crippen LogP contribution in [0, 0.1) is 0 Å². The molecule has 2 rings (SSSR count). The number of ketones is 1. The molecule has 0 unspecified atom stereocenters. The molecule has 21 heavy (non-hydrogen) atoms. The zero-order valence-corrected chi connectivity index (χ0v) is 13.4. The van der Waals surface area contributed by atoms with E-state index >= 15 is 0 Å². The Kier molecular flexibility index (Phi) is 5.79. The number of Topliss-reactive ketones (excluding diaryl/α,β-unsaturated/α-hetero) is 1. The van der Waals surface area contributed by atoms with Gasteiger partial charge in [-0.3, -0.25) is 9.59 Å². The minimum absolute atomic E-state index is 0.0696. The highest BCUT2D eigenvalue weighted by Crippen LogP contribution is 2.22. The lowest BCUT2D eigenvalue weighted by molar-refractivity contribution is -0.121. The molecule has 1 aromatic heterocycles. The van der Waals surface area contributed by atoms with Gasteiger partial charge < -0.3 is 5.32 Å². The quantitative estimate of drug-likeness (QED) is 0.794. The van der Waals surface area contributed by atoms with E-state index in [0.29, 0.717) is 20.8 Å². The molecule has 0 saturated heterocycles. The molecule has 0 fully saturated rings. The summed E-state index contributed by atoms with van der Waals surface area (Å²) in [5.74, 6) is -0.245. The summed E-state index contributed by atoms with van der Waals surface area (Å²) in [6.45, 7) is 0.359. The van der Waals surface area contributed by atoms with Crippen LogP contribution in [0.2, 0.25) is 9.36 Å². The summed E-state index contributed by atoms with van der Waals surface area (Å²) in [4.78, 5) is 24.2. The molecule has 1 N–H and O–H groups in total. The van der Waals surface area contributed by atoms with Crippen molar-refractivity contribution in [3.05, 3.63) is 56.2 Å². The average Bonchev–Trinajstić information content (AvgIpc) is 2.90. The molecule has 2 aromatic rings. The van der Waals surface area contributed by atoms with Crippen LogP contribution in [0.5, 0.6) is 0 Å². The summed E-state index contributed by atoms with van der Waals surface area (Å²) >= 11 is 13.0. The summed E-state index contributed by atoms with van der Waals surface area (Å²) < 4.78 is 0.571. The number of carbonyl (C=O) groups excluding carboxylic acids is 2. The molecular weight excluding hydrogens is 329 g/mol. The fourth-order valence-electron chi connectivity index (χ4n) is 1.74. The third-order valence-corrected chi connectivity index (χ3v) is 4.50. The number of benzene rings is 1. The maximum atomic E-state index is 11.8. The van der Waals surface area contributed by atoms with Gasteiger partial charge in [-0.05, 0) is 23.8 Å². The lowest BCUT2D eigenvalue weighted by atomic mass is 10.2. The maximum Gasteiger partial charge on any atom is 0.220 e. The zero-order chi connectivity index (χ0) is 15.2. The SMILES string of the molecule is O=C(CCC(=O)c1ccc(Cl)s1)NCc1ccccc1Cl. The van der Waals surface area contributed by atoms with Crippen LogP contribution in [0.4, 0.5) is 0 Å². The van der Waals surface area contributed by atoms with Crippen molar-refractivity contribution in [2.45, 2.75) is 19.4 Å². The van der Waals surface area contributed by atoms with Crippen LogP contribution in [0.3, 0.4) is 0 Å². The van der Waals surface area contributed by atoms with Crippen molar-refractivity contribution in [2.75, 3.05) is 0 Å². The minimum atomic E-state index is -0.175. The largest absolute Gasteiger partial charge is 0.352 e. The van der Waals surface area contributed by atoms with Gasteiger partial charge in [0.2, 0.25) is 5.91 Å². The second-order valence-corrected chi connectivity index (χ2v) is 6.52. The van der Waals surface area contributed by atoms with Crippen molar-refractivity contribution in [1.82, 2.24) is 5.32 Å². The van der Waals surface area contributed by atoms with E-state index in [2.05, 4.69) is 5.32 Å². The molecule has 6 heteroatoms. The minimum Gasteiger partial charge on any atom is -0.352 e. The maximum absolute atomic E-state index is 11.8. The predicted octanol–water partition coefficient (Wildman–Crippen LogP) is 4.33. The number of rotatable bonds is 6. The van der Waals surface area contributed by atoms with Gasteiger partial charge in [0.1, 0.15) is 0 Å². The highest BCUT2D eigenvalue weighted by atomic mass is 35.5. The molecule has 1 heterocycles. The monoisotopic (exact) mass is 341 g/mol. The number of hydrogen-bond donors (Lipinski definition) is 1. The van der Waals surface area contributed by atoms with Crippen molar-refractivity contribution < 1.29 is 9.59 Å². The molecule has 1 aromatic carbocycles. The standard InChI is InChI=1S/C15H13Cl2NO2S/c16-11-4-2-1-3-10(11)9-18-15(20)8-5-12(19)13-6-7-14(17)21-13/h1-4,6-7H,5,8-9H2,(H,18,20). The van der Waals surface area contributed by atoms with Gasteiger partial charge in [0.15, 0.2) is 5.78 Å². The molecule has 0 saturated carbocycles. The van der Waals surface area contributed by atoms with Crippen LogP contribution in [-0.2, 0) is 11.3 Å². The number of halogens is 2. The van der Waals surface area contributed by atoms with Gasteiger partial charge in [0, 0.05) is 24.4 Å². The first kappa shape index (κ1) is 16.0. The second-order valence-electron chi connectivity index (χ2n) is 4.40. The summed E-state index contributed by atoms with van der Waals surface area (Å²) in [6.07, 6.45) is 0.323. The van der Waals surface area contributed by atoms with E-state index < -0.39 is 0 Å². The first-order valence-electron chi connectivity index (χ1n) is 6.35. The van der Waals surface area contributed by atoms with E-state index in [1.807, 2.05) is 18.2 Å². The number of amides is 1.